The lowest BCUT2D eigenvalue weighted by Gasteiger charge is -2.22. The van der Waals surface area contributed by atoms with E-state index in [4.69, 9.17) is 0 Å². The van der Waals surface area contributed by atoms with Crippen LogP contribution in [0.15, 0.2) is 73.1 Å². The molecule has 0 spiro atoms. The molecule has 1 aromatic heterocycles. The van der Waals surface area contributed by atoms with E-state index in [0.29, 0.717) is 0 Å². The number of para-hydroxylation sites is 2. The van der Waals surface area contributed by atoms with Gasteiger partial charge in [-0.15, -0.1) is 0 Å². The van der Waals surface area contributed by atoms with Gasteiger partial charge in [0.25, 0.3) is 0 Å². The van der Waals surface area contributed by atoms with Crippen LogP contribution in [0.1, 0.15) is 18.9 Å². The number of hydrogen-bond donors (Lipinski definition) is 0. The minimum absolute atomic E-state index is 0. The van der Waals surface area contributed by atoms with E-state index >= 15 is 0 Å². The number of quaternary nitrogens is 1. The Labute approximate surface area is 206 Å². The molecule has 0 atom stereocenters. The minimum Gasteiger partial charge on any atom is -1.00 e. The molecule has 0 N–H and O–H groups in total. The van der Waals surface area contributed by atoms with E-state index in [2.05, 4.69) is 62.2 Å². The van der Waals surface area contributed by atoms with Crippen molar-refractivity contribution in [2.24, 2.45) is 0 Å². The lowest BCUT2D eigenvalue weighted by molar-refractivity contribution is -0.873. The third kappa shape index (κ3) is 7.56. The van der Waals surface area contributed by atoms with Crippen molar-refractivity contribution >= 4 is 28.6 Å². The van der Waals surface area contributed by atoms with E-state index < -0.39 is 0 Å². The molecule has 0 fully saturated rings. The highest BCUT2D eigenvalue weighted by atomic mass is 79.9. The number of fused-ring (bicyclic) bond motifs is 1. The first kappa shape index (κ1) is 27.0. The van der Waals surface area contributed by atoms with Gasteiger partial charge < -0.3 is 38.4 Å². The van der Waals surface area contributed by atoms with E-state index in [-0.39, 0.29) is 39.9 Å². The van der Waals surface area contributed by atoms with Crippen molar-refractivity contribution in [2.75, 3.05) is 32.6 Å². The minimum atomic E-state index is -0.0111. The summed E-state index contributed by atoms with van der Waals surface area (Å²) in [6.07, 6.45) is 7.16. The average Bonchev–Trinajstić information content (AvgIpc) is 2.69. The van der Waals surface area contributed by atoms with E-state index in [1.807, 2.05) is 42.6 Å². The van der Waals surface area contributed by atoms with Crippen LogP contribution in [0.5, 0.6) is 0 Å². The number of amides is 1. The van der Waals surface area contributed by atoms with Gasteiger partial charge in [0.2, 0.25) is 11.4 Å². The lowest BCUT2D eigenvalue weighted by Crippen LogP contribution is -3.00. The maximum absolute atomic E-state index is 12.2. The van der Waals surface area contributed by atoms with Gasteiger partial charge in [0.05, 0.1) is 39.5 Å². The molecule has 3 rings (SSSR count). The number of carbonyl (C=O) groups is 1. The molecular formula is C25H31Br2N3O. The molecule has 1 amide bonds. The van der Waals surface area contributed by atoms with E-state index in [1.54, 1.807) is 11.8 Å². The molecule has 0 bridgehead atoms. The standard InChI is InChI=1S/C25H31N3O.2BrH/c1-21(29)27(23-11-6-5-7-12-23)19-16-22-15-18-26(17-10-20-28(2,3)4)25-14-9-8-13-24(22)25;;/h5-9,11-16,18-19H,10,17,20H2,1-4H3;2*1H/q+2;;/p-2. The van der Waals surface area contributed by atoms with Crippen LogP contribution in [0.3, 0.4) is 0 Å². The van der Waals surface area contributed by atoms with Crippen molar-refractivity contribution in [1.82, 2.24) is 0 Å². The zero-order chi connectivity index (χ0) is 20.9. The summed E-state index contributed by atoms with van der Waals surface area (Å²) in [5, 5.41) is 1.19. The number of carbonyl (C=O) groups excluding carboxylic acids is 1. The smallest absolute Gasteiger partial charge is 0.227 e. The maximum atomic E-state index is 12.2. The fourth-order valence-electron chi connectivity index (χ4n) is 3.48. The zero-order valence-corrected chi connectivity index (χ0v) is 21.8. The first-order valence-electron chi connectivity index (χ1n) is 10.1. The molecule has 0 aliphatic heterocycles. The highest BCUT2D eigenvalue weighted by Crippen LogP contribution is 2.19. The molecule has 0 saturated carbocycles. The first-order chi connectivity index (χ1) is 13.8. The monoisotopic (exact) mass is 547 g/mol. The van der Waals surface area contributed by atoms with Crippen molar-refractivity contribution in [1.29, 1.82) is 0 Å². The SMILES string of the molecule is CC(=O)N(C=Cc1cc[n+](CCC[N+](C)(C)C)c2ccccc12)c1ccccc1.[Br-].[Br-]. The summed E-state index contributed by atoms with van der Waals surface area (Å²) in [5.74, 6) is -0.0111. The molecule has 166 valence electrons. The van der Waals surface area contributed by atoms with Crippen LogP contribution in [0.2, 0.25) is 0 Å². The molecule has 4 nitrogen and oxygen atoms in total. The van der Waals surface area contributed by atoms with Gasteiger partial charge in [-0.05, 0) is 29.8 Å². The number of anilines is 1. The van der Waals surface area contributed by atoms with Gasteiger partial charge in [-0.25, -0.2) is 0 Å². The summed E-state index contributed by atoms with van der Waals surface area (Å²) in [7, 11) is 6.68. The zero-order valence-electron chi connectivity index (χ0n) is 18.6. The van der Waals surface area contributed by atoms with Gasteiger partial charge in [0, 0.05) is 30.9 Å². The maximum Gasteiger partial charge on any atom is 0.227 e. The summed E-state index contributed by atoms with van der Waals surface area (Å²) < 4.78 is 3.29. The van der Waals surface area contributed by atoms with Crippen molar-refractivity contribution in [3.05, 3.63) is 78.6 Å². The Morgan fingerprint density at radius 2 is 1.61 bits per heavy atom. The van der Waals surface area contributed by atoms with Crippen LogP contribution in [-0.4, -0.2) is 38.1 Å². The Hall–Kier alpha value is -2.02. The molecule has 31 heavy (non-hydrogen) atoms. The number of pyridine rings is 1. The number of rotatable bonds is 7. The quantitative estimate of drug-likeness (QED) is 0.254. The predicted molar refractivity (Wildman–Crippen MR) is 120 cm³/mol. The lowest BCUT2D eigenvalue weighted by atomic mass is 10.1. The predicted octanol–water partition coefficient (Wildman–Crippen LogP) is -1.74. The molecular weight excluding hydrogens is 518 g/mol. The van der Waals surface area contributed by atoms with Gasteiger partial charge in [0.1, 0.15) is 0 Å². The molecule has 3 aromatic rings. The van der Waals surface area contributed by atoms with E-state index in [0.717, 1.165) is 35.2 Å². The van der Waals surface area contributed by atoms with Crippen LogP contribution in [0.25, 0.3) is 17.0 Å². The Morgan fingerprint density at radius 1 is 0.968 bits per heavy atom. The summed E-state index contributed by atoms with van der Waals surface area (Å²) >= 11 is 0. The van der Waals surface area contributed by atoms with Gasteiger partial charge in [-0.3, -0.25) is 9.69 Å². The topological polar surface area (TPSA) is 24.2 Å². The highest BCUT2D eigenvalue weighted by molar-refractivity contribution is 5.95. The number of halogens is 2. The summed E-state index contributed by atoms with van der Waals surface area (Å²) in [6.45, 7) is 3.71. The second kappa shape index (κ2) is 12.1. The van der Waals surface area contributed by atoms with Crippen molar-refractivity contribution in [3.63, 3.8) is 0 Å². The molecule has 0 unspecified atom stereocenters. The highest BCUT2D eigenvalue weighted by Gasteiger charge is 2.14. The third-order valence-corrected chi connectivity index (χ3v) is 4.96. The molecule has 1 heterocycles. The Morgan fingerprint density at radius 3 is 2.26 bits per heavy atom. The van der Waals surface area contributed by atoms with Crippen molar-refractivity contribution < 1.29 is 47.8 Å². The Bertz CT molecular complexity index is 1010. The first-order valence-corrected chi connectivity index (χ1v) is 10.1. The molecule has 0 aliphatic rings. The number of aryl methyl sites for hydroxylation is 1. The van der Waals surface area contributed by atoms with Crippen LogP contribution in [0.4, 0.5) is 5.69 Å². The molecule has 0 saturated heterocycles. The number of benzene rings is 2. The van der Waals surface area contributed by atoms with E-state index in [9.17, 15) is 4.79 Å². The van der Waals surface area contributed by atoms with Crippen molar-refractivity contribution in [3.8, 4) is 0 Å². The van der Waals surface area contributed by atoms with Crippen LogP contribution < -0.4 is 43.4 Å². The van der Waals surface area contributed by atoms with Crippen molar-refractivity contribution in [2.45, 2.75) is 19.9 Å². The van der Waals surface area contributed by atoms with Crippen LogP contribution >= 0.6 is 0 Å². The number of aromatic nitrogens is 1. The Kier molecular flexibility index (Phi) is 10.6. The normalized spacial score (nSPS) is 11.1. The fourth-order valence-corrected chi connectivity index (χ4v) is 3.48. The third-order valence-electron chi connectivity index (χ3n) is 4.96. The summed E-state index contributed by atoms with van der Waals surface area (Å²) in [6, 6.07) is 20.3. The Balaban J connectivity index is 0.00000240. The summed E-state index contributed by atoms with van der Waals surface area (Å²) in [5.41, 5.74) is 3.18. The van der Waals surface area contributed by atoms with Gasteiger partial charge >= 0.3 is 0 Å². The number of hydrogen-bond acceptors (Lipinski definition) is 1. The fraction of sp³-hybridized carbons (Fsp3) is 0.280. The van der Waals surface area contributed by atoms with Crippen LogP contribution in [-0.2, 0) is 11.3 Å². The second-order valence-electron chi connectivity index (χ2n) is 8.39. The van der Waals surface area contributed by atoms with Crippen LogP contribution in [0, 0.1) is 0 Å². The largest absolute Gasteiger partial charge is 1.00 e. The number of nitrogens with zero attached hydrogens (tertiary/aromatic N) is 3. The molecule has 0 radical (unpaired) electrons. The van der Waals surface area contributed by atoms with E-state index in [1.165, 1.54) is 10.9 Å². The second-order valence-corrected chi connectivity index (χ2v) is 8.39. The molecule has 0 aliphatic carbocycles. The van der Waals surface area contributed by atoms with Gasteiger partial charge in [-0.2, -0.15) is 4.57 Å². The van der Waals surface area contributed by atoms with Gasteiger partial charge in [-0.1, -0.05) is 30.3 Å². The molecule has 6 heteroatoms. The summed E-state index contributed by atoms with van der Waals surface area (Å²) in [4.78, 5) is 13.8. The average molecular weight is 549 g/mol. The molecule has 2 aromatic carbocycles. The van der Waals surface area contributed by atoms with Gasteiger partial charge in [0.15, 0.2) is 12.7 Å².